The first-order valence-corrected chi connectivity index (χ1v) is 6.61. The molecule has 0 amide bonds. The number of hydrogen-bond donors (Lipinski definition) is 0. The van der Waals surface area contributed by atoms with Crippen LogP contribution in [0.2, 0.25) is 0 Å². The summed E-state index contributed by atoms with van der Waals surface area (Å²) in [5, 5.41) is 16.4. The summed E-state index contributed by atoms with van der Waals surface area (Å²) in [6.07, 6.45) is 0.570. The molecule has 1 aromatic rings. The number of thioether (sulfide) groups is 2. The van der Waals surface area contributed by atoms with Crippen molar-refractivity contribution in [2.75, 3.05) is 11.5 Å². The molecule has 0 N–H and O–H groups in total. The van der Waals surface area contributed by atoms with Crippen LogP contribution in [0.4, 0.5) is 0 Å². The van der Waals surface area contributed by atoms with Crippen LogP contribution in [-0.2, 0) is 0 Å². The SMILES string of the molecule is CCSc1nnc(SCCC#N)s1. The van der Waals surface area contributed by atoms with Gasteiger partial charge in [-0.15, -0.1) is 10.2 Å². The van der Waals surface area contributed by atoms with Crippen LogP contribution < -0.4 is 0 Å². The van der Waals surface area contributed by atoms with Crippen LogP contribution in [0.3, 0.4) is 0 Å². The number of hydrogen-bond acceptors (Lipinski definition) is 6. The van der Waals surface area contributed by atoms with Crippen molar-refractivity contribution in [1.82, 2.24) is 10.2 Å². The Bertz CT molecular complexity index is 291. The average Bonchev–Trinajstić information content (AvgIpc) is 2.54. The van der Waals surface area contributed by atoms with E-state index in [4.69, 9.17) is 5.26 Å². The summed E-state index contributed by atoms with van der Waals surface area (Å²) in [6.45, 7) is 2.09. The molecule has 1 aromatic heterocycles. The number of nitriles is 1. The minimum absolute atomic E-state index is 0.570. The maximum absolute atomic E-state index is 8.33. The topological polar surface area (TPSA) is 49.6 Å². The summed E-state index contributed by atoms with van der Waals surface area (Å²) in [5.41, 5.74) is 0. The smallest absolute Gasteiger partial charge is 0.175 e. The zero-order valence-corrected chi connectivity index (χ0v) is 9.64. The van der Waals surface area contributed by atoms with E-state index in [-0.39, 0.29) is 0 Å². The highest BCUT2D eigenvalue weighted by Gasteiger charge is 2.03. The first kappa shape index (κ1) is 10.8. The van der Waals surface area contributed by atoms with Crippen LogP contribution in [0.1, 0.15) is 13.3 Å². The highest BCUT2D eigenvalue weighted by atomic mass is 32.2. The molecule has 0 aliphatic carbocycles. The molecule has 0 unspecified atom stereocenters. The number of aromatic nitrogens is 2. The van der Waals surface area contributed by atoms with Gasteiger partial charge in [-0.3, -0.25) is 0 Å². The maximum Gasteiger partial charge on any atom is 0.175 e. The van der Waals surface area contributed by atoms with Gasteiger partial charge >= 0.3 is 0 Å². The Kier molecular flexibility index (Phi) is 5.20. The molecule has 0 aliphatic rings. The van der Waals surface area contributed by atoms with Crippen molar-refractivity contribution in [3.8, 4) is 6.07 Å². The molecule has 70 valence electrons. The predicted molar refractivity (Wildman–Crippen MR) is 57.3 cm³/mol. The van der Waals surface area contributed by atoms with Crippen molar-refractivity contribution < 1.29 is 0 Å². The molecule has 0 saturated heterocycles. The van der Waals surface area contributed by atoms with Crippen LogP contribution in [0.25, 0.3) is 0 Å². The minimum atomic E-state index is 0.570. The first-order chi connectivity index (χ1) is 6.36. The third kappa shape index (κ3) is 3.98. The maximum atomic E-state index is 8.33. The molecular formula is C7H9N3S3. The summed E-state index contributed by atoms with van der Waals surface area (Å²) in [6, 6.07) is 2.10. The summed E-state index contributed by atoms with van der Waals surface area (Å²) in [5.74, 6) is 1.83. The third-order valence-electron chi connectivity index (χ3n) is 1.10. The Hall–Kier alpha value is -0.250. The first-order valence-electron chi connectivity index (χ1n) is 3.83. The molecule has 0 saturated carbocycles. The standard InChI is InChI=1S/C7H9N3S3/c1-2-11-6-9-10-7(13-6)12-5-3-4-8/h2-3,5H2,1H3. The molecule has 0 radical (unpaired) electrons. The van der Waals surface area contributed by atoms with Crippen molar-refractivity contribution in [2.24, 2.45) is 0 Å². The highest BCUT2D eigenvalue weighted by Crippen LogP contribution is 2.28. The monoisotopic (exact) mass is 231 g/mol. The molecule has 0 atom stereocenters. The van der Waals surface area contributed by atoms with Crippen molar-refractivity contribution >= 4 is 34.9 Å². The van der Waals surface area contributed by atoms with Crippen molar-refractivity contribution in [3.05, 3.63) is 0 Å². The van der Waals surface area contributed by atoms with E-state index in [2.05, 4.69) is 23.2 Å². The normalized spacial score (nSPS) is 9.85. The van der Waals surface area contributed by atoms with Crippen LogP contribution in [0.5, 0.6) is 0 Å². The molecule has 1 heterocycles. The second kappa shape index (κ2) is 6.24. The lowest BCUT2D eigenvalue weighted by Crippen LogP contribution is -1.75. The van der Waals surface area contributed by atoms with Crippen molar-refractivity contribution in [3.63, 3.8) is 0 Å². The van der Waals surface area contributed by atoms with E-state index >= 15 is 0 Å². The van der Waals surface area contributed by atoms with Crippen LogP contribution >= 0.6 is 34.9 Å². The average molecular weight is 231 g/mol. The second-order valence-corrected chi connectivity index (χ2v) is 5.85. The molecule has 0 aromatic carbocycles. The predicted octanol–water partition coefficient (Wildman–Crippen LogP) is 2.66. The van der Waals surface area contributed by atoms with Gasteiger partial charge in [-0.1, -0.05) is 41.8 Å². The molecule has 3 nitrogen and oxygen atoms in total. The highest BCUT2D eigenvalue weighted by molar-refractivity contribution is 8.03. The lowest BCUT2D eigenvalue weighted by atomic mass is 10.6. The van der Waals surface area contributed by atoms with E-state index < -0.39 is 0 Å². The molecule has 0 bridgehead atoms. The minimum Gasteiger partial charge on any atom is -0.198 e. The van der Waals surface area contributed by atoms with Gasteiger partial charge in [0.05, 0.1) is 6.07 Å². The van der Waals surface area contributed by atoms with Gasteiger partial charge in [-0.05, 0) is 5.75 Å². The fraction of sp³-hybridized carbons (Fsp3) is 0.571. The van der Waals surface area contributed by atoms with Crippen LogP contribution in [0, 0.1) is 11.3 Å². The zero-order valence-electron chi connectivity index (χ0n) is 7.19. The lowest BCUT2D eigenvalue weighted by molar-refractivity contribution is 0.954. The molecule has 6 heteroatoms. The Balaban J connectivity index is 2.36. The molecule has 0 fully saturated rings. The molecule has 0 aliphatic heterocycles. The third-order valence-corrected chi connectivity index (χ3v) is 4.17. The van der Waals surface area contributed by atoms with Gasteiger partial charge < -0.3 is 0 Å². The Morgan fingerprint density at radius 1 is 1.38 bits per heavy atom. The van der Waals surface area contributed by atoms with E-state index in [1.54, 1.807) is 34.9 Å². The van der Waals surface area contributed by atoms with E-state index in [0.717, 1.165) is 20.2 Å². The van der Waals surface area contributed by atoms with E-state index in [9.17, 15) is 0 Å². The van der Waals surface area contributed by atoms with Crippen LogP contribution in [0.15, 0.2) is 8.68 Å². The largest absolute Gasteiger partial charge is 0.198 e. The Labute approximate surface area is 89.9 Å². The van der Waals surface area contributed by atoms with Crippen LogP contribution in [-0.4, -0.2) is 21.7 Å². The molecular weight excluding hydrogens is 222 g/mol. The van der Waals surface area contributed by atoms with Gasteiger partial charge in [0.15, 0.2) is 8.68 Å². The summed E-state index contributed by atoms with van der Waals surface area (Å²) in [7, 11) is 0. The number of nitrogens with zero attached hydrogens (tertiary/aromatic N) is 3. The summed E-state index contributed by atoms with van der Waals surface area (Å²) < 4.78 is 1.98. The van der Waals surface area contributed by atoms with Crippen molar-refractivity contribution in [1.29, 1.82) is 5.26 Å². The molecule has 1 rings (SSSR count). The Morgan fingerprint density at radius 2 is 2.08 bits per heavy atom. The van der Waals surface area contributed by atoms with Gasteiger partial charge in [-0.25, -0.2) is 0 Å². The fourth-order valence-electron chi connectivity index (χ4n) is 0.621. The molecule has 0 spiro atoms. The van der Waals surface area contributed by atoms with E-state index in [0.29, 0.717) is 6.42 Å². The quantitative estimate of drug-likeness (QED) is 0.576. The van der Waals surface area contributed by atoms with Gasteiger partial charge in [0.25, 0.3) is 0 Å². The fourth-order valence-corrected chi connectivity index (χ4v) is 3.45. The van der Waals surface area contributed by atoms with Crippen molar-refractivity contribution in [2.45, 2.75) is 22.0 Å². The van der Waals surface area contributed by atoms with Gasteiger partial charge in [-0.2, -0.15) is 5.26 Å². The molecule has 13 heavy (non-hydrogen) atoms. The zero-order chi connectivity index (χ0) is 9.52. The Morgan fingerprint density at radius 3 is 2.69 bits per heavy atom. The van der Waals surface area contributed by atoms with E-state index in [1.165, 1.54) is 0 Å². The van der Waals surface area contributed by atoms with Gasteiger partial charge in [0, 0.05) is 12.2 Å². The lowest BCUT2D eigenvalue weighted by Gasteiger charge is -1.87. The summed E-state index contributed by atoms with van der Waals surface area (Å²) in [4.78, 5) is 0. The van der Waals surface area contributed by atoms with Gasteiger partial charge in [0.1, 0.15) is 0 Å². The summed E-state index contributed by atoms with van der Waals surface area (Å²) >= 11 is 4.90. The van der Waals surface area contributed by atoms with E-state index in [1.807, 2.05) is 0 Å². The van der Waals surface area contributed by atoms with Gasteiger partial charge in [0.2, 0.25) is 0 Å². The second-order valence-electron chi connectivity index (χ2n) is 2.02. The number of rotatable bonds is 5.